The van der Waals surface area contributed by atoms with Crippen molar-refractivity contribution in [3.05, 3.63) is 35.4 Å². The molecule has 1 aromatic carbocycles. The first-order chi connectivity index (χ1) is 7.31. The second kappa shape index (κ2) is 2.99. The highest BCUT2D eigenvalue weighted by molar-refractivity contribution is 5.70. The fourth-order valence-corrected chi connectivity index (χ4v) is 2.86. The number of carbonyl (C=O) groups is 1. The summed E-state index contributed by atoms with van der Waals surface area (Å²) < 4.78 is 4.79. The molecular formula is C12H13NO2. The van der Waals surface area contributed by atoms with E-state index in [2.05, 4.69) is 18.2 Å². The van der Waals surface area contributed by atoms with Gasteiger partial charge in [-0.1, -0.05) is 24.3 Å². The molecule has 1 aliphatic heterocycles. The van der Waals surface area contributed by atoms with E-state index < -0.39 is 0 Å². The van der Waals surface area contributed by atoms with Gasteiger partial charge in [-0.15, -0.1) is 0 Å². The van der Waals surface area contributed by atoms with Crippen LogP contribution in [0.15, 0.2) is 24.3 Å². The second-order valence-corrected chi connectivity index (χ2v) is 4.20. The number of methoxy groups -OCH3 is 1. The molecule has 78 valence electrons. The highest BCUT2D eigenvalue weighted by atomic mass is 16.5. The molecule has 0 saturated carbocycles. The molecule has 0 N–H and O–H groups in total. The molecule has 0 aromatic heterocycles. The lowest BCUT2D eigenvalue weighted by atomic mass is 10.00. The number of nitrogens with zero attached hydrogens (tertiary/aromatic N) is 1. The summed E-state index contributed by atoms with van der Waals surface area (Å²) in [5, 5.41) is 0. The molecule has 1 aromatic rings. The van der Waals surface area contributed by atoms with Crippen LogP contribution in [0.25, 0.3) is 0 Å². The average molecular weight is 203 g/mol. The number of fused-ring (bicyclic) bond motifs is 5. The number of hydrogen-bond donors (Lipinski definition) is 0. The molecular weight excluding hydrogens is 190 g/mol. The Morgan fingerprint density at radius 2 is 2.13 bits per heavy atom. The fraction of sp³-hybridized carbons (Fsp3) is 0.417. The predicted molar refractivity (Wildman–Crippen MR) is 55.7 cm³/mol. The summed E-state index contributed by atoms with van der Waals surface area (Å²) in [6.45, 7) is 0.814. The van der Waals surface area contributed by atoms with Gasteiger partial charge in [0.05, 0.1) is 13.2 Å². The zero-order chi connectivity index (χ0) is 10.4. The molecule has 0 unspecified atom stereocenters. The molecule has 1 heterocycles. The number of benzene rings is 1. The van der Waals surface area contributed by atoms with Gasteiger partial charge >= 0.3 is 6.09 Å². The molecule has 1 saturated heterocycles. The molecule has 3 nitrogen and oxygen atoms in total. The minimum atomic E-state index is -0.197. The molecule has 3 rings (SSSR count). The summed E-state index contributed by atoms with van der Waals surface area (Å²) in [7, 11) is 1.44. The van der Waals surface area contributed by atoms with Crippen molar-refractivity contribution in [2.45, 2.75) is 18.4 Å². The van der Waals surface area contributed by atoms with E-state index in [4.69, 9.17) is 4.74 Å². The second-order valence-electron chi connectivity index (χ2n) is 4.20. The van der Waals surface area contributed by atoms with Crippen LogP contribution in [0.1, 0.15) is 29.5 Å². The fourth-order valence-electron chi connectivity index (χ4n) is 2.86. The molecule has 0 radical (unpaired) electrons. The first-order valence-electron chi connectivity index (χ1n) is 5.24. The van der Waals surface area contributed by atoms with Crippen LogP contribution in [-0.4, -0.2) is 24.6 Å². The van der Waals surface area contributed by atoms with Gasteiger partial charge in [-0.3, -0.25) is 0 Å². The van der Waals surface area contributed by atoms with Crippen LogP contribution in [0.5, 0.6) is 0 Å². The van der Waals surface area contributed by atoms with E-state index in [1.54, 1.807) is 0 Å². The molecule has 2 bridgehead atoms. The summed E-state index contributed by atoms with van der Waals surface area (Å²) in [5.41, 5.74) is 2.72. The monoisotopic (exact) mass is 203 g/mol. The van der Waals surface area contributed by atoms with Crippen LogP contribution in [0.3, 0.4) is 0 Å². The van der Waals surface area contributed by atoms with Gasteiger partial charge < -0.3 is 9.64 Å². The van der Waals surface area contributed by atoms with Crippen LogP contribution in [-0.2, 0) is 4.74 Å². The van der Waals surface area contributed by atoms with Gasteiger partial charge in [0.1, 0.15) is 0 Å². The van der Waals surface area contributed by atoms with E-state index in [0.29, 0.717) is 5.92 Å². The van der Waals surface area contributed by atoms with Gasteiger partial charge in [0.15, 0.2) is 0 Å². The standard InChI is InChI=1S/C12H13NO2/c1-15-12(14)13-7-8-6-11(13)10-5-3-2-4-9(8)10/h2-5,8,11H,6-7H2,1H3/t8-,11-/m1/s1. The van der Waals surface area contributed by atoms with Crippen molar-refractivity contribution in [2.24, 2.45) is 0 Å². The maximum atomic E-state index is 11.5. The van der Waals surface area contributed by atoms with Crippen LogP contribution in [0, 0.1) is 0 Å². The molecule has 3 heteroatoms. The average Bonchev–Trinajstić information content (AvgIpc) is 2.86. The van der Waals surface area contributed by atoms with E-state index in [9.17, 15) is 4.79 Å². The summed E-state index contributed by atoms with van der Waals surface area (Å²) in [4.78, 5) is 13.4. The highest BCUT2D eigenvalue weighted by Gasteiger charge is 2.44. The van der Waals surface area contributed by atoms with Crippen molar-refractivity contribution in [1.82, 2.24) is 4.90 Å². The Labute approximate surface area is 88.6 Å². The Hall–Kier alpha value is -1.51. The summed E-state index contributed by atoms with van der Waals surface area (Å²) >= 11 is 0. The third-order valence-electron chi connectivity index (χ3n) is 3.51. The Balaban J connectivity index is 1.98. The minimum Gasteiger partial charge on any atom is -0.453 e. The molecule has 1 aliphatic carbocycles. The first kappa shape index (κ1) is 8.77. The smallest absolute Gasteiger partial charge is 0.410 e. The van der Waals surface area contributed by atoms with Gasteiger partial charge in [-0.25, -0.2) is 4.79 Å². The largest absolute Gasteiger partial charge is 0.453 e. The van der Waals surface area contributed by atoms with Crippen molar-refractivity contribution >= 4 is 6.09 Å². The number of likely N-dealkylation sites (tertiary alicyclic amines) is 1. The Morgan fingerprint density at radius 3 is 2.87 bits per heavy atom. The van der Waals surface area contributed by atoms with Crippen molar-refractivity contribution in [2.75, 3.05) is 13.7 Å². The maximum Gasteiger partial charge on any atom is 0.410 e. The molecule has 2 aliphatic rings. The Kier molecular flexibility index (Phi) is 1.75. The minimum absolute atomic E-state index is 0.197. The highest BCUT2D eigenvalue weighted by Crippen LogP contribution is 2.49. The summed E-state index contributed by atoms with van der Waals surface area (Å²) in [6.07, 6.45) is 0.867. The van der Waals surface area contributed by atoms with Gasteiger partial charge in [-0.2, -0.15) is 0 Å². The van der Waals surface area contributed by atoms with Crippen molar-refractivity contribution in [3.8, 4) is 0 Å². The SMILES string of the molecule is COC(=O)N1C[C@H]2C[C@@H]1c1ccccc12. The van der Waals surface area contributed by atoms with E-state index in [1.165, 1.54) is 18.2 Å². The van der Waals surface area contributed by atoms with E-state index in [1.807, 2.05) is 11.0 Å². The van der Waals surface area contributed by atoms with Crippen LogP contribution in [0.4, 0.5) is 4.79 Å². The molecule has 0 spiro atoms. The van der Waals surface area contributed by atoms with Crippen LogP contribution < -0.4 is 0 Å². The zero-order valence-corrected chi connectivity index (χ0v) is 8.64. The number of ether oxygens (including phenoxy) is 1. The van der Waals surface area contributed by atoms with E-state index in [0.717, 1.165) is 13.0 Å². The Morgan fingerprint density at radius 1 is 1.40 bits per heavy atom. The Bertz CT molecular complexity index is 416. The van der Waals surface area contributed by atoms with E-state index in [-0.39, 0.29) is 12.1 Å². The van der Waals surface area contributed by atoms with Gasteiger partial charge in [0, 0.05) is 12.5 Å². The normalized spacial score (nSPS) is 26.6. The quantitative estimate of drug-likeness (QED) is 0.647. The number of carbonyl (C=O) groups excluding carboxylic acids is 1. The maximum absolute atomic E-state index is 11.5. The van der Waals surface area contributed by atoms with Crippen LogP contribution >= 0.6 is 0 Å². The summed E-state index contributed by atoms with van der Waals surface area (Å²) in [6, 6.07) is 8.65. The van der Waals surface area contributed by atoms with E-state index >= 15 is 0 Å². The molecule has 2 atom stereocenters. The third kappa shape index (κ3) is 1.09. The van der Waals surface area contributed by atoms with Crippen LogP contribution in [0.2, 0.25) is 0 Å². The lowest BCUT2D eigenvalue weighted by molar-refractivity contribution is 0.117. The lowest BCUT2D eigenvalue weighted by Crippen LogP contribution is -2.33. The zero-order valence-electron chi connectivity index (χ0n) is 8.64. The predicted octanol–water partition coefficient (Wildman–Crippen LogP) is 2.30. The number of rotatable bonds is 0. The molecule has 1 amide bonds. The third-order valence-corrected chi connectivity index (χ3v) is 3.51. The molecule has 1 fully saturated rings. The number of hydrogen-bond acceptors (Lipinski definition) is 2. The molecule has 15 heavy (non-hydrogen) atoms. The van der Waals surface area contributed by atoms with Crippen molar-refractivity contribution in [1.29, 1.82) is 0 Å². The van der Waals surface area contributed by atoms with Crippen molar-refractivity contribution in [3.63, 3.8) is 0 Å². The topological polar surface area (TPSA) is 29.5 Å². The van der Waals surface area contributed by atoms with Gasteiger partial charge in [0.2, 0.25) is 0 Å². The van der Waals surface area contributed by atoms with Gasteiger partial charge in [0.25, 0.3) is 0 Å². The lowest BCUT2D eigenvalue weighted by Gasteiger charge is -2.27. The summed E-state index contributed by atoms with van der Waals surface area (Å²) in [5.74, 6) is 0.519. The van der Waals surface area contributed by atoms with Gasteiger partial charge in [-0.05, 0) is 17.5 Å². The number of amides is 1. The first-order valence-corrected chi connectivity index (χ1v) is 5.24. The van der Waals surface area contributed by atoms with Crippen molar-refractivity contribution < 1.29 is 9.53 Å².